The molecule has 3 heterocycles. The number of aliphatic hydroxyl groups is 1. The lowest BCUT2D eigenvalue weighted by Crippen LogP contribution is -2.66. The summed E-state index contributed by atoms with van der Waals surface area (Å²) in [6.07, 6.45) is 15.0. The number of aryl methyl sites for hydroxylation is 1. The van der Waals surface area contributed by atoms with Gasteiger partial charge in [0.15, 0.2) is 6.10 Å². The molecule has 1 unspecified atom stereocenters. The minimum Gasteiger partial charge on any atom is -0.482 e. The normalized spacial score (nSPS) is 32.3. The number of allylic oxidation sites excluding steroid dienone is 2. The molecule has 5 aliphatic rings. The Morgan fingerprint density at radius 2 is 1.71 bits per heavy atom. The summed E-state index contributed by atoms with van der Waals surface area (Å²) < 4.78 is 44.2. The number of halogens is 1. The van der Waals surface area contributed by atoms with Gasteiger partial charge in [0.25, 0.3) is 14.2 Å². The zero-order valence-corrected chi connectivity index (χ0v) is 37.1. The third kappa shape index (κ3) is 8.28. The Kier molecular flexibility index (Phi) is 11.7. The van der Waals surface area contributed by atoms with Gasteiger partial charge in [-0.05, 0) is 120 Å². The second-order valence-electron chi connectivity index (χ2n) is 18.4. The number of carbonyl (C=O) groups excluding carboxylic acids is 1. The number of rotatable bonds is 5. The van der Waals surface area contributed by atoms with Crippen molar-refractivity contribution in [2.24, 2.45) is 17.8 Å². The van der Waals surface area contributed by atoms with Crippen LogP contribution in [-0.2, 0) is 35.8 Å². The first-order chi connectivity index (χ1) is 28.2. The fourth-order valence-electron chi connectivity index (χ4n) is 10.2. The third-order valence-electron chi connectivity index (χ3n) is 13.6. The van der Waals surface area contributed by atoms with Crippen LogP contribution in [0.2, 0.25) is 10.1 Å². The van der Waals surface area contributed by atoms with E-state index < -0.39 is 35.6 Å². The largest absolute Gasteiger partial charge is 0.482 e. The molecular weight excluding hydrogens is 796 g/mol. The second kappa shape index (κ2) is 16.5. The molecule has 312 valence electrons. The number of carbonyl (C=O) groups is 1. The van der Waals surface area contributed by atoms with Crippen LogP contribution in [0.5, 0.6) is 0 Å². The van der Waals surface area contributed by atoms with Crippen molar-refractivity contribution in [3.8, 4) is 0 Å². The molecule has 1 saturated carbocycles. The van der Waals surface area contributed by atoms with Crippen LogP contribution in [0.3, 0.4) is 0 Å². The highest BCUT2D eigenvalue weighted by molar-refractivity contribution is 7.90. The molecule has 1 saturated heterocycles. The summed E-state index contributed by atoms with van der Waals surface area (Å²) in [5.41, 5.74) is 2.36. The van der Waals surface area contributed by atoms with E-state index in [-0.39, 0.29) is 52.9 Å². The Morgan fingerprint density at radius 3 is 2.37 bits per heavy atom. The summed E-state index contributed by atoms with van der Waals surface area (Å²) in [5, 5.41) is 13.6. The number of aliphatic hydroxyl groups excluding tert-OH is 1. The van der Waals surface area contributed by atoms with Gasteiger partial charge in [-0.1, -0.05) is 111 Å². The quantitative estimate of drug-likeness (QED) is 0.157. The van der Waals surface area contributed by atoms with Crippen molar-refractivity contribution in [2.45, 2.75) is 94.1 Å². The number of benzene rings is 3. The van der Waals surface area contributed by atoms with E-state index in [4.69, 9.17) is 20.8 Å². The van der Waals surface area contributed by atoms with Crippen molar-refractivity contribution in [1.82, 2.24) is 9.62 Å². The molecule has 3 aliphatic heterocycles. The topological polar surface area (TPSA) is 108 Å². The van der Waals surface area contributed by atoms with E-state index in [0.29, 0.717) is 13.1 Å². The lowest BCUT2D eigenvalue weighted by molar-refractivity contribution is -0.115. The van der Waals surface area contributed by atoms with Gasteiger partial charge < -0.3 is 19.2 Å². The van der Waals surface area contributed by atoms with Gasteiger partial charge >= 0.3 is 0 Å². The Balaban J connectivity index is 1.14. The van der Waals surface area contributed by atoms with Crippen molar-refractivity contribution in [3.05, 3.63) is 143 Å². The van der Waals surface area contributed by atoms with Gasteiger partial charge in [-0.2, -0.15) is 0 Å². The molecule has 2 fully saturated rings. The molecule has 0 aromatic heterocycles. The van der Waals surface area contributed by atoms with Crippen LogP contribution in [0.15, 0.2) is 127 Å². The van der Waals surface area contributed by atoms with Crippen molar-refractivity contribution in [2.75, 3.05) is 19.7 Å². The highest BCUT2D eigenvalue weighted by Crippen LogP contribution is 2.52. The molecule has 0 radical (unpaired) electrons. The van der Waals surface area contributed by atoms with E-state index in [0.717, 1.165) is 53.3 Å². The third-order valence-corrected chi connectivity index (χ3v) is 20.5. The minimum atomic E-state index is -4.13. The number of hydrogen-bond acceptors (Lipinski definition) is 7. The van der Waals surface area contributed by atoms with Gasteiger partial charge in [0.05, 0.1) is 16.8 Å². The number of nitrogens with zero attached hydrogens (tertiary/aromatic N) is 1. The first-order valence-corrected chi connectivity index (χ1v) is 25.0. The molecule has 8 nitrogen and oxygen atoms in total. The van der Waals surface area contributed by atoms with Crippen molar-refractivity contribution >= 4 is 46.2 Å². The molecule has 1 amide bonds. The number of nitrogens with one attached hydrogen (secondary N) is 1. The average molecular weight is 854 g/mol. The predicted molar refractivity (Wildman–Crippen MR) is 237 cm³/mol. The summed E-state index contributed by atoms with van der Waals surface area (Å²) in [5.74, 6) is -0.0333. The average Bonchev–Trinajstić information content (AvgIpc) is 3.98. The molecule has 2 bridgehead atoms. The lowest BCUT2D eigenvalue weighted by Gasteiger charge is -2.45. The van der Waals surface area contributed by atoms with Gasteiger partial charge in [0, 0.05) is 36.2 Å². The second-order valence-corrected chi connectivity index (χ2v) is 25.2. The summed E-state index contributed by atoms with van der Waals surface area (Å²) in [7, 11) is -7.09. The van der Waals surface area contributed by atoms with Crippen LogP contribution in [0.1, 0.15) is 70.9 Å². The van der Waals surface area contributed by atoms with Gasteiger partial charge in [-0.25, -0.2) is 13.1 Å². The van der Waals surface area contributed by atoms with E-state index in [1.54, 1.807) is 19.1 Å². The summed E-state index contributed by atoms with van der Waals surface area (Å²) in [6.45, 7) is 9.84. The first-order valence-electron chi connectivity index (χ1n) is 21.2. The van der Waals surface area contributed by atoms with Gasteiger partial charge in [-0.15, -0.1) is 0 Å². The SMILES string of the molecule is C[C@H]1C[C@H](CO[Si](c2ccccc2)(c2ccccc2)C(C)(C)C)/C=C\[C@H](O)[C@@H]2CC[C@H]2CN2\C=C/C(=C\C=C3\OC3[C@]3(CCCc4cc(Cl)ccc43)C2)C(=O)NS1(=O)=O. The van der Waals surface area contributed by atoms with Crippen LogP contribution in [0.4, 0.5) is 0 Å². The molecular formula is C48H57ClN2O6SSi. The van der Waals surface area contributed by atoms with Crippen molar-refractivity contribution < 1.29 is 27.5 Å². The molecule has 8 rings (SSSR count). The fraction of sp³-hybridized carbons (Fsp3) is 0.438. The molecule has 59 heavy (non-hydrogen) atoms. The molecule has 1 spiro atoms. The number of ether oxygens (including phenoxy) is 1. The van der Waals surface area contributed by atoms with Crippen molar-refractivity contribution in [1.29, 1.82) is 0 Å². The number of sulfonamides is 1. The maximum Gasteiger partial charge on any atom is 0.264 e. The number of hydrogen-bond donors (Lipinski definition) is 2. The lowest BCUT2D eigenvalue weighted by atomic mass is 9.66. The minimum absolute atomic E-state index is 0.0294. The van der Waals surface area contributed by atoms with E-state index in [1.165, 1.54) is 11.1 Å². The maximum absolute atomic E-state index is 14.0. The molecule has 2 N–H and O–H groups in total. The van der Waals surface area contributed by atoms with Crippen LogP contribution >= 0.6 is 11.6 Å². The smallest absolute Gasteiger partial charge is 0.264 e. The monoisotopic (exact) mass is 852 g/mol. The maximum atomic E-state index is 14.0. The highest BCUT2D eigenvalue weighted by Gasteiger charge is 2.56. The Morgan fingerprint density at radius 1 is 1.00 bits per heavy atom. The zero-order valence-electron chi connectivity index (χ0n) is 34.5. The van der Waals surface area contributed by atoms with Crippen LogP contribution < -0.4 is 15.1 Å². The molecule has 11 heteroatoms. The summed E-state index contributed by atoms with van der Waals surface area (Å²) >= 11 is 6.50. The number of epoxide rings is 1. The van der Waals surface area contributed by atoms with Crippen LogP contribution in [0.25, 0.3) is 0 Å². The van der Waals surface area contributed by atoms with Crippen LogP contribution in [-0.4, -0.2) is 69.8 Å². The molecule has 2 aliphatic carbocycles. The first kappa shape index (κ1) is 41.8. The van der Waals surface area contributed by atoms with Crippen LogP contribution in [0, 0.1) is 17.8 Å². The Labute approximate surface area is 356 Å². The van der Waals surface area contributed by atoms with Gasteiger partial charge in [-0.3, -0.25) is 4.79 Å². The molecule has 3 aromatic carbocycles. The van der Waals surface area contributed by atoms with Gasteiger partial charge in [0.2, 0.25) is 10.0 Å². The predicted octanol–water partition coefficient (Wildman–Crippen LogP) is 7.33. The van der Waals surface area contributed by atoms with E-state index in [2.05, 4.69) is 66.8 Å². The Hall–Kier alpha value is -3.93. The standard InChI is InChI=1S/C48H57ClN2O6SSi/c1-33-28-34(31-56-59(47(2,3)4,39-13-7-5-8-14-39)40-15-9-6-10-16-40)17-23-43(52)41-21-18-37(41)30-51-27-25-35(46(53)50-58(33,54)55)19-24-44-45(57-44)48(32-51)26-11-12-36-29-38(49)20-22-42(36)48/h5-10,13-17,19-20,22-25,27,29,33-34,37,41,43,45,52H,11-12,18,21,26,28,30-32H2,1-4H3,(H,50,53)/b23-17-,27-25-,35-19+,44-24+/t33-,34+,37-,41+,43-,45?,48+/m0/s1. The van der Waals surface area contributed by atoms with E-state index >= 15 is 0 Å². The van der Waals surface area contributed by atoms with Crippen molar-refractivity contribution in [3.63, 3.8) is 0 Å². The molecule has 3 aromatic rings. The summed E-state index contributed by atoms with van der Waals surface area (Å²) in [4.78, 5) is 16.2. The zero-order chi connectivity index (χ0) is 41.6. The van der Waals surface area contributed by atoms with Gasteiger partial charge in [0.1, 0.15) is 5.76 Å². The molecule has 7 atom stereocenters. The number of fused-ring (bicyclic) bond motifs is 7. The fourth-order valence-corrected chi connectivity index (χ4v) is 16.1. The highest BCUT2D eigenvalue weighted by atomic mass is 35.5. The number of amides is 1. The van der Waals surface area contributed by atoms with E-state index in [9.17, 15) is 18.3 Å². The summed E-state index contributed by atoms with van der Waals surface area (Å²) in [6, 6.07) is 26.9. The Bertz CT molecular complexity index is 2230. The van der Waals surface area contributed by atoms with E-state index in [1.807, 2.05) is 66.9 Å².